The Morgan fingerprint density at radius 1 is 1.11 bits per heavy atom. The topological polar surface area (TPSA) is 76.2 Å². The number of likely N-dealkylation sites (tertiary alicyclic amines) is 2. The molecule has 186 valence electrons. The first-order valence-corrected chi connectivity index (χ1v) is 11.9. The molecule has 4 rings (SSSR count). The van der Waals surface area contributed by atoms with Crippen LogP contribution in [0.4, 0.5) is 4.39 Å². The number of rotatable bonds is 9. The van der Waals surface area contributed by atoms with E-state index >= 15 is 0 Å². The third-order valence-electron chi connectivity index (χ3n) is 7.10. The molecule has 2 aromatic rings. The number of benzene rings is 2. The molecule has 2 heterocycles. The molecule has 2 aliphatic heterocycles. The number of carbonyl (C=O) groups excluding carboxylic acids is 3. The standard InChI is InChI=1S/C27H31FN2O5/c1-34-15-5-13-30-25(32)17-27(26(30)33,22-6-3-4-7-23(22)35-2)16-24(31)29-14-12-20(18-29)19-8-10-21(28)11-9-19/h3-4,6-11,20H,5,12-18H2,1-2H3. The van der Waals surface area contributed by atoms with Gasteiger partial charge in [0.05, 0.1) is 12.5 Å². The predicted octanol–water partition coefficient (Wildman–Crippen LogP) is 3.27. The second-order valence-corrected chi connectivity index (χ2v) is 9.21. The first-order valence-electron chi connectivity index (χ1n) is 11.9. The summed E-state index contributed by atoms with van der Waals surface area (Å²) in [6, 6.07) is 13.4. The van der Waals surface area contributed by atoms with Gasteiger partial charge in [-0.25, -0.2) is 4.39 Å². The van der Waals surface area contributed by atoms with Gasteiger partial charge in [0.2, 0.25) is 17.7 Å². The highest BCUT2D eigenvalue weighted by Crippen LogP contribution is 2.44. The fourth-order valence-corrected chi connectivity index (χ4v) is 5.24. The smallest absolute Gasteiger partial charge is 0.241 e. The van der Waals surface area contributed by atoms with Crippen molar-refractivity contribution in [1.82, 2.24) is 9.80 Å². The molecule has 2 saturated heterocycles. The highest BCUT2D eigenvalue weighted by molar-refractivity contribution is 6.11. The van der Waals surface area contributed by atoms with Gasteiger partial charge in [-0.1, -0.05) is 30.3 Å². The maximum Gasteiger partial charge on any atom is 0.241 e. The van der Waals surface area contributed by atoms with Crippen molar-refractivity contribution in [3.05, 3.63) is 65.5 Å². The van der Waals surface area contributed by atoms with Crippen molar-refractivity contribution in [3.8, 4) is 5.75 Å². The van der Waals surface area contributed by atoms with Gasteiger partial charge >= 0.3 is 0 Å². The fourth-order valence-electron chi connectivity index (χ4n) is 5.24. The van der Waals surface area contributed by atoms with E-state index in [2.05, 4.69) is 0 Å². The van der Waals surface area contributed by atoms with Gasteiger partial charge in [0, 0.05) is 57.7 Å². The lowest BCUT2D eigenvalue weighted by Gasteiger charge is -2.30. The number of ether oxygens (including phenoxy) is 2. The van der Waals surface area contributed by atoms with Crippen LogP contribution in [0.25, 0.3) is 0 Å². The highest BCUT2D eigenvalue weighted by Gasteiger charge is 2.55. The van der Waals surface area contributed by atoms with Gasteiger partial charge in [0.15, 0.2) is 0 Å². The van der Waals surface area contributed by atoms with E-state index in [-0.39, 0.29) is 48.8 Å². The molecular formula is C27H31FN2O5. The Hall–Kier alpha value is -3.26. The van der Waals surface area contributed by atoms with Gasteiger partial charge in [0.1, 0.15) is 11.6 Å². The van der Waals surface area contributed by atoms with Crippen molar-refractivity contribution in [2.24, 2.45) is 0 Å². The maximum atomic E-state index is 13.8. The summed E-state index contributed by atoms with van der Waals surface area (Å²) in [5, 5.41) is 0. The van der Waals surface area contributed by atoms with E-state index in [4.69, 9.17) is 9.47 Å². The molecule has 0 bridgehead atoms. The minimum absolute atomic E-state index is 0.0832. The Morgan fingerprint density at radius 2 is 1.86 bits per heavy atom. The van der Waals surface area contributed by atoms with Gasteiger partial charge in [-0.15, -0.1) is 0 Å². The fraction of sp³-hybridized carbons (Fsp3) is 0.444. The molecule has 0 saturated carbocycles. The van der Waals surface area contributed by atoms with Crippen LogP contribution < -0.4 is 4.74 Å². The van der Waals surface area contributed by atoms with Crippen molar-refractivity contribution in [2.75, 3.05) is 40.5 Å². The Labute approximate surface area is 204 Å². The third kappa shape index (κ3) is 4.93. The van der Waals surface area contributed by atoms with Crippen LogP contribution in [0.3, 0.4) is 0 Å². The minimum atomic E-state index is -1.32. The first kappa shape index (κ1) is 24.9. The van der Waals surface area contributed by atoms with E-state index in [1.54, 1.807) is 48.4 Å². The van der Waals surface area contributed by atoms with E-state index in [1.807, 2.05) is 0 Å². The van der Waals surface area contributed by atoms with Crippen LogP contribution in [0.5, 0.6) is 5.75 Å². The van der Waals surface area contributed by atoms with Gasteiger partial charge in [-0.05, 0) is 36.6 Å². The molecule has 2 aliphatic rings. The van der Waals surface area contributed by atoms with Gasteiger partial charge in [-0.2, -0.15) is 0 Å². The predicted molar refractivity (Wildman–Crippen MR) is 127 cm³/mol. The molecule has 0 spiro atoms. The summed E-state index contributed by atoms with van der Waals surface area (Å²) in [6.07, 6.45) is 1.08. The molecule has 35 heavy (non-hydrogen) atoms. The third-order valence-corrected chi connectivity index (χ3v) is 7.10. The zero-order valence-corrected chi connectivity index (χ0v) is 20.2. The van der Waals surface area contributed by atoms with E-state index in [0.717, 1.165) is 12.0 Å². The molecular weight excluding hydrogens is 451 g/mol. The number of halogens is 1. The average molecular weight is 483 g/mol. The lowest BCUT2D eigenvalue weighted by atomic mass is 9.75. The number of amides is 3. The normalized spacial score (nSPS) is 22.2. The summed E-state index contributed by atoms with van der Waals surface area (Å²) in [7, 11) is 3.08. The SMILES string of the molecule is COCCCN1C(=O)CC(CC(=O)N2CCC(c3ccc(F)cc3)C2)(c2ccccc2OC)C1=O. The van der Waals surface area contributed by atoms with Crippen molar-refractivity contribution in [1.29, 1.82) is 0 Å². The quantitative estimate of drug-likeness (QED) is 0.405. The Kier molecular flexibility index (Phi) is 7.50. The monoisotopic (exact) mass is 482 g/mol. The molecule has 2 atom stereocenters. The van der Waals surface area contributed by atoms with Crippen LogP contribution in [-0.4, -0.2) is 68.0 Å². The van der Waals surface area contributed by atoms with Crippen LogP contribution in [0, 0.1) is 5.82 Å². The summed E-state index contributed by atoms with van der Waals surface area (Å²) in [6.45, 7) is 1.71. The van der Waals surface area contributed by atoms with Gasteiger partial charge in [-0.3, -0.25) is 19.3 Å². The number of carbonyl (C=O) groups is 3. The Morgan fingerprint density at radius 3 is 2.57 bits per heavy atom. The molecule has 7 nitrogen and oxygen atoms in total. The zero-order valence-electron chi connectivity index (χ0n) is 20.2. The zero-order chi connectivity index (χ0) is 25.0. The van der Waals surface area contributed by atoms with Crippen molar-refractivity contribution >= 4 is 17.7 Å². The van der Waals surface area contributed by atoms with Gasteiger partial charge in [0.25, 0.3) is 0 Å². The second kappa shape index (κ2) is 10.6. The number of methoxy groups -OCH3 is 2. The molecule has 8 heteroatoms. The van der Waals surface area contributed by atoms with Crippen molar-refractivity contribution in [3.63, 3.8) is 0 Å². The van der Waals surface area contributed by atoms with Crippen molar-refractivity contribution in [2.45, 2.75) is 37.0 Å². The van der Waals surface area contributed by atoms with E-state index in [9.17, 15) is 18.8 Å². The summed E-state index contributed by atoms with van der Waals surface area (Å²) in [5.74, 6) is -0.557. The molecule has 0 aliphatic carbocycles. The molecule has 0 aromatic heterocycles. The molecule has 2 unspecified atom stereocenters. The summed E-state index contributed by atoms with van der Waals surface area (Å²) >= 11 is 0. The maximum absolute atomic E-state index is 13.8. The minimum Gasteiger partial charge on any atom is -0.496 e. The van der Waals surface area contributed by atoms with Gasteiger partial charge < -0.3 is 14.4 Å². The number of imide groups is 1. The molecule has 0 radical (unpaired) electrons. The van der Waals surface area contributed by atoms with Crippen LogP contribution in [0.15, 0.2) is 48.5 Å². The van der Waals surface area contributed by atoms with Crippen LogP contribution in [0.1, 0.15) is 42.7 Å². The summed E-state index contributed by atoms with van der Waals surface area (Å²) in [5.41, 5.74) is 0.220. The van der Waals surface area contributed by atoms with Crippen LogP contribution in [-0.2, 0) is 24.5 Å². The molecule has 2 aromatic carbocycles. The number of para-hydroxylation sites is 1. The highest BCUT2D eigenvalue weighted by atomic mass is 19.1. The Balaban J connectivity index is 1.59. The van der Waals surface area contributed by atoms with Crippen LogP contribution in [0.2, 0.25) is 0 Å². The Bertz CT molecular complexity index is 1090. The van der Waals surface area contributed by atoms with E-state index in [0.29, 0.717) is 37.4 Å². The lowest BCUT2D eigenvalue weighted by Crippen LogP contribution is -2.43. The summed E-state index contributed by atoms with van der Waals surface area (Å²) in [4.78, 5) is 43.3. The van der Waals surface area contributed by atoms with E-state index < -0.39 is 5.41 Å². The lowest BCUT2D eigenvalue weighted by molar-refractivity contribution is -0.142. The number of hydrogen-bond acceptors (Lipinski definition) is 5. The molecule has 3 amide bonds. The first-order chi connectivity index (χ1) is 16.9. The largest absolute Gasteiger partial charge is 0.496 e. The molecule has 2 fully saturated rings. The van der Waals surface area contributed by atoms with Crippen LogP contribution >= 0.6 is 0 Å². The second-order valence-electron chi connectivity index (χ2n) is 9.21. The van der Waals surface area contributed by atoms with Crippen molar-refractivity contribution < 1.29 is 28.2 Å². The average Bonchev–Trinajstić information content (AvgIpc) is 3.44. The number of nitrogens with zero attached hydrogens (tertiary/aromatic N) is 2. The van der Waals surface area contributed by atoms with E-state index in [1.165, 1.54) is 24.1 Å². The summed E-state index contributed by atoms with van der Waals surface area (Å²) < 4.78 is 23.9. The molecule has 0 N–H and O–H groups in total. The number of hydrogen-bond donors (Lipinski definition) is 0.